The molecule has 0 bridgehead atoms. The maximum Gasteiger partial charge on any atom is 0.338 e. The summed E-state index contributed by atoms with van der Waals surface area (Å²) in [5.74, 6) is 0.0954. The molecule has 1 amide bonds. The van der Waals surface area contributed by atoms with Crippen molar-refractivity contribution in [3.05, 3.63) is 41.4 Å². The third-order valence-corrected chi connectivity index (χ3v) is 4.41. The fourth-order valence-electron chi connectivity index (χ4n) is 3.08. The van der Waals surface area contributed by atoms with Gasteiger partial charge in [-0.05, 0) is 24.6 Å². The van der Waals surface area contributed by atoms with Gasteiger partial charge < -0.3 is 30.0 Å². The molecular weight excluding hydrogens is 394 g/mol. The number of ether oxygens (including phenoxy) is 4. The number of hydrogen-bond acceptors (Lipinski definition) is 9. The van der Waals surface area contributed by atoms with Crippen LogP contribution >= 0.6 is 0 Å². The third-order valence-electron chi connectivity index (χ3n) is 4.41. The van der Waals surface area contributed by atoms with E-state index in [4.69, 9.17) is 24.7 Å². The number of primary amides is 1. The minimum Gasteiger partial charge on any atom is -0.493 e. The molecule has 0 aliphatic carbocycles. The Morgan fingerprint density at radius 3 is 2.73 bits per heavy atom. The summed E-state index contributed by atoms with van der Waals surface area (Å²) in [5, 5.41) is 7.32. The molecule has 2 aromatic rings. The Kier molecular flexibility index (Phi) is 6.52. The van der Waals surface area contributed by atoms with E-state index in [2.05, 4.69) is 15.4 Å². The van der Waals surface area contributed by atoms with E-state index in [1.54, 1.807) is 29.8 Å². The SMILES string of the molecule is COCCOC(=O)C1=C(C)Nc2ncnn2C1c1ccc(OCC(N)=O)c(OC)c1. The Morgan fingerprint density at radius 1 is 1.23 bits per heavy atom. The van der Waals surface area contributed by atoms with Crippen molar-refractivity contribution >= 4 is 17.8 Å². The number of nitrogens with two attached hydrogens (primary N) is 1. The number of carbonyl (C=O) groups excluding carboxylic acids is 2. The fourth-order valence-corrected chi connectivity index (χ4v) is 3.08. The summed E-state index contributed by atoms with van der Waals surface area (Å²) in [7, 11) is 3.00. The van der Waals surface area contributed by atoms with E-state index >= 15 is 0 Å². The van der Waals surface area contributed by atoms with Gasteiger partial charge in [-0.2, -0.15) is 10.1 Å². The van der Waals surface area contributed by atoms with Gasteiger partial charge in [0.2, 0.25) is 5.95 Å². The van der Waals surface area contributed by atoms with E-state index in [1.165, 1.54) is 20.5 Å². The first-order valence-electron chi connectivity index (χ1n) is 9.08. The summed E-state index contributed by atoms with van der Waals surface area (Å²) in [5.41, 5.74) is 6.79. The summed E-state index contributed by atoms with van der Waals surface area (Å²) >= 11 is 0. The van der Waals surface area contributed by atoms with Crippen LogP contribution in [0.5, 0.6) is 11.5 Å². The van der Waals surface area contributed by atoms with Gasteiger partial charge in [0.05, 0.1) is 19.3 Å². The number of methoxy groups -OCH3 is 2. The van der Waals surface area contributed by atoms with Crippen LogP contribution < -0.4 is 20.5 Å². The molecule has 160 valence electrons. The minimum atomic E-state index is -0.613. The predicted octanol–water partition coefficient (Wildman–Crippen LogP) is 0.629. The van der Waals surface area contributed by atoms with Gasteiger partial charge in [0.1, 0.15) is 19.0 Å². The average Bonchev–Trinajstić information content (AvgIpc) is 3.19. The molecule has 1 aliphatic rings. The predicted molar refractivity (Wildman–Crippen MR) is 105 cm³/mol. The van der Waals surface area contributed by atoms with E-state index in [0.29, 0.717) is 34.3 Å². The number of carbonyl (C=O) groups is 2. The van der Waals surface area contributed by atoms with Gasteiger partial charge in [0, 0.05) is 12.8 Å². The molecule has 0 saturated carbocycles. The zero-order valence-electron chi connectivity index (χ0n) is 16.9. The number of hydrogen-bond donors (Lipinski definition) is 2. The van der Waals surface area contributed by atoms with Crippen molar-refractivity contribution in [2.45, 2.75) is 13.0 Å². The summed E-state index contributed by atoms with van der Waals surface area (Å²) in [6, 6.07) is 4.47. The molecule has 0 spiro atoms. The van der Waals surface area contributed by atoms with Crippen molar-refractivity contribution in [2.24, 2.45) is 5.73 Å². The van der Waals surface area contributed by atoms with E-state index in [9.17, 15) is 9.59 Å². The number of fused-ring (bicyclic) bond motifs is 1. The number of nitrogens with one attached hydrogen (secondary N) is 1. The highest BCUT2D eigenvalue weighted by molar-refractivity contribution is 5.92. The van der Waals surface area contributed by atoms with E-state index < -0.39 is 17.9 Å². The first-order chi connectivity index (χ1) is 14.5. The molecule has 11 heteroatoms. The Hall–Kier alpha value is -3.60. The van der Waals surface area contributed by atoms with Gasteiger partial charge in [-0.15, -0.1) is 0 Å². The van der Waals surface area contributed by atoms with Gasteiger partial charge in [0.15, 0.2) is 18.1 Å². The lowest BCUT2D eigenvalue weighted by molar-refractivity contribution is -0.140. The number of aromatic nitrogens is 3. The van der Waals surface area contributed by atoms with Crippen LogP contribution in [0.1, 0.15) is 18.5 Å². The highest BCUT2D eigenvalue weighted by Crippen LogP contribution is 2.38. The van der Waals surface area contributed by atoms with Gasteiger partial charge in [-0.1, -0.05) is 6.07 Å². The molecule has 0 radical (unpaired) electrons. The smallest absolute Gasteiger partial charge is 0.338 e. The first kappa shape index (κ1) is 21.1. The van der Waals surface area contributed by atoms with E-state index in [1.807, 2.05) is 0 Å². The topological polar surface area (TPSA) is 140 Å². The van der Waals surface area contributed by atoms with Crippen LogP contribution in [-0.4, -0.2) is 60.7 Å². The fraction of sp³-hybridized carbons (Fsp3) is 0.368. The Labute approximate surface area is 172 Å². The van der Waals surface area contributed by atoms with Gasteiger partial charge in [0.25, 0.3) is 5.91 Å². The van der Waals surface area contributed by atoms with Crippen molar-refractivity contribution in [3.8, 4) is 11.5 Å². The number of esters is 1. The monoisotopic (exact) mass is 417 g/mol. The quantitative estimate of drug-likeness (QED) is 0.444. The van der Waals surface area contributed by atoms with Crippen LogP contribution in [0.3, 0.4) is 0 Å². The number of anilines is 1. The lowest BCUT2D eigenvalue weighted by atomic mass is 9.95. The summed E-state index contributed by atoms with van der Waals surface area (Å²) in [6.07, 6.45) is 1.39. The van der Waals surface area contributed by atoms with Crippen LogP contribution in [-0.2, 0) is 19.1 Å². The molecule has 1 aromatic heterocycles. The lowest BCUT2D eigenvalue weighted by Gasteiger charge is -2.28. The van der Waals surface area contributed by atoms with Crippen molar-refractivity contribution in [2.75, 3.05) is 39.4 Å². The van der Waals surface area contributed by atoms with Crippen LogP contribution in [0.25, 0.3) is 0 Å². The molecule has 1 atom stereocenters. The molecule has 3 N–H and O–H groups in total. The third kappa shape index (κ3) is 4.35. The maximum absolute atomic E-state index is 12.9. The highest BCUT2D eigenvalue weighted by Gasteiger charge is 2.34. The lowest BCUT2D eigenvalue weighted by Crippen LogP contribution is -2.30. The second-order valence-electron chi connectivity index (χ2n) is 6.39. The van der Waals surface area contributed by atoms with Gasteiger partial charge in [-0.3, -0.25) is 4.79 Å². The van der Waals surface area contributed by atoms with Crippen LogP contribution in [0.15, 0.2) is 35.8 Å². The largest absolute Gasteiger partial charge is 0.493 e. The summed E-state index contributed by atoms with van der Waals surface area (Å²) in [6.45, 7) is 1.88. The number of benzene rings is 1. The summed E-state index contributed by atoms with van der Waals surface area (Å²) < 4.78 is 22.7. The number of allylic oxidation sites excluding steroid dienone is 1. The van der Waals surface area contributed by atoms with Crippen molar-refractivity contribution in [3.63, 3.8) is 0 Å². The molecule has 1 unspecified atom stereocenters. The molecule has 0 saturated heterocycles. The van der Waals surface area contributed by atoms with Gasteiger partial charge >= 0.3 is 5.97 Å². The molecule has 11 nitrogen and oxygen atoms in total. The normalized spacial score (nSPS) is 15.2. The number of amides is 1. The van der Waals surface area contributed by atoms with Crippen LogP contribution in [0.4, 0.5) is 5.95 Å². The van der Waals surface area contributed by atoms with Crippen molar-refractivity contribution in [1.29, 1.82) is 0 Å². The number of rotatable bonds is 9. The van der Waals surface area contributed by atoms with E-state index in [0.717, 1.165) is 0 Å². The Morgan fingerprint density at radius 2 is 2.03 bits per heavy atom. The Balaban J connectivity index is 2.00. The molecular formula is C19H23N5O6. The molecule has 30 heavy (non-hydrogen) atoms. The Bertz CT molecular complexity index is 970. The molecule has 3 rings (SSSR count). The molecule has 0 fully saturated rings. The second-order valence-corrected chi connectivity index (χ2v) is 6.39. The van der Waals surface area contributed by atoms with Crippen molar-refractivity contribution in [1.82, 2.24) is 14.8 Å². The molecule has 1 aliphatic heterocycles. The van der Waals surface area contributed by atoms with E-state index in [-0.39, 0.29) is 19.8 Å². The first-order valence-corrected chi connectivity index (χ1v) is 9.08. The second kappa shape index (κ2) is 9.27. The zero-order valence-corrected chi connectivity index (χ0v) is 16.9. The number of nitrogens with zero attached hydrogens (tertiary/aromatic N) is 3. The zero-order chi connectivity index (χ0) is 21.7. The van der Waals surface area contributed by atoms with Crippen LogP contribution in [0.2, 0.25) is 0 Å². The minimum absolute atomic E-state index is 0.117. The van der Waals surface area contributed by atoms with Crippen LogP contribution in [0, 0.1) is 0 Å². The molecule has 1 aromatic carbocycles. The average molecular weight is 417 g/mol. The standard InChI is InChI=1S/C19H23N5O6/c1-11-16(18(26)29-7-6-27-2)17(24-19(23-11)21-10-22-24)12-4-5-13(14(8-12)28-3)30-9-15(20)25/h4-5,8,10,17H,6-7,9H2,1-3H3,(H2,20,25)(H,21,22,23). The maximum atomic E-state index is 12.9. The summed E-state index contributed by atoms with van der Waals surface area (Å²) in [4.78, 5) is 28.1. The highest BCUT2D eigenvalue weighted by atomic mass is 16.6. The molecule has 2 heterocycles. The van der Waals surface area contributed by atoms with Gasteiger partial charge in [-0.25, -0.2) is 9.48 Å². The van der Waals surface area contributed by atoms with Crippen molar-refractivity contribution < 1.29 is 28.5 Å².